The standard InChI is InChI=1S/C10H18OS3/c11-14(9-5-1-3-7-12-9)10-6-2-4-8-13-10/h9-10H,1-8H2. The Morgan fingerprint density at radius 2 is 1.36 bits per heavy atom. The molecule has 0 aromatic heterocycles. The van der Waals surface area contributed by atoms with Gasteiger partial charge in [-0.3, -0.25) is 4.21 Å². The Bertz CT molecular complexity index is 176. The van der Waals surface area contributed by atoms with Crippen molar-refractivity contribution >= 4 is 34.3 Å². The van der Waals surface area contributed by atoms with Gasteiger partial charge in [0.1, 0.15) is 0 Å². The van der Waals surface area contributed by atoms with Crippen LogP contribution in [0.25, 0.3) is 0 Å². The number of hydrogen-bond acceptors (Lipinski definition) is 3. The quantitative estimate of drug-likeness (QED) is 0.749. The molecule has 0 saturated carbocycles. The van der Waals surface area contributed by atoms with E-state index in [1.165, 1.54) is 50.0 Å². The summed E-state index contributed by atoms with van der Waals surface area (Å²) in [4.78, 5) is 0. The van der Waals surface area contributed by atoms with E-state index in [-0.39, 0.29) is 0 Å². The zero-order valence-corrected chi connectivity index (χ0v) is 10.9. The molecule has 2 aliphatic heterocycles. The summed E-state index contributed by atoms with van der Waals surface area (Å²) in [6.45, 7) is 0. The third kappa shape index (κ3) is 2.92. The first-order valence-electron chi connectivity index (χ1n) is 5.50. The lowest BCUT2D eigenvalue weighted by atomic mass is 10.3. The van der Waals surface area contributed by atoms with Crippen LogP contribution in [0.5, 0.6) is 0 Å². The van der Waals surface area contributed by atoms with Crippen LogP contribution in [0.4, 0.5) is 0 Å². The molecule has 1 nitrogen and oxygen atoms in total. The summed E-state index contributed by atoms with van der Waals surface area (Å²) in [7, 11) is -0.567. The summed E-state index contributed by atoms with van der Waals surface area (Å²) in [6.07, 6.45) is 7.62. The lowest BCUT2D eigenvalue weighted by molar-refractivity contribution is 0.654. The van der Waals surface area contributed by atoms with Gasteiger partial charge in [-0.25, -0.2) is 0 Å². The fourth-order valence-electron chi connectivity index (χ4n) is 1.96. The van der Waals surface area contributed by atoms with E-state index in [9.17, 15) is 4.21 Å². The van der Waals surface area contributed by atoms with E-state index in [1.54, 1.807) is 0 Å². The van der Waals surface area contributed by atoms with Gasteiger partial charge in [-0.05, 0) is 37.2 Å². The van der Waals surface area contributed by atoms with E-state index >= 15 is 0 Å². The first-order chi connectivity index (χ1) is 6.88. The zero-order chi connectivity index (χ0) is 9.80. The van der Waals surface area contributed by atoms with Crippen molar-refractivity contribution in [3.8, 4) is 0 Å². The van der Waals surface area contributed by atoms with Gasteiger partial charge in [0.25, 0.3) is 0 Å². The third-order valence-electron chi connectivity index (χ3n) is 2.79. The summed E-state index contributed by atoms with van der Waals surface area (Å²) >= 11 is 3.90. The average Bonchev–Trinajstić information content (AvgIpc) is 2.30. The van der Waals surface area contributed by atoms with Crippen molar-refractivity contribution in [3.63, 3.8) is 0 Å². The van der Waals surface area contributed by atoms with Gasteiger partial charge in [-0.1, -0.05) is 12.8 Å². The van der Waals surface area contributed by atoms with E-state index in [4.69, 9.17) is 0 Å². The average molecular weight is 250 g/mol. The molecule has 2 rings (SSSR count). The maximum absolute atomic E-state index is 12.2. The fourth-order valence-corrected chi connectivity index (χ4v) is 7.69. The first-order valence-corrected chi connectivity index (χ1v) is 8.88. The minimum atomic E-state index is -0.567. The second-order valence-electron chi connectivity index (χ2n) is 3.92. The van der Waals surface area contributed by atoms with E-state index in [0.29, 0.717) is 9.16 Å². The lowest BCUT2D eigenvalue weighted by Gasteiger charge is -2.27. The third-order valence-corrected chi connectivity index (χ3v) is 8.52. The number of thioether (sulfide) groups is 2. The van der Waals surface area contributed by atoms with Crippen LogP contribution in [0.1, 0.15) is 38.5 Å². The lowest BCUT2D eigenvalue weighted by Crippen LogP contribution is -2.25. The Hall–Kier alpha value is 0.850. The first kappa shape index (κ1) is 11.3. The molecular weight excluding hydrogens is 232 g/mol. The fraction of sp³-hybridized carbons (Fsp3) is 1.00. The molecule has 0 N–H and O–H groups in total. The molecule has 82 valence electrons. The summed E-state index contributed by atoms with van der Waals surface area (Å²) in [5, 5.41) is 0. The minimum absolute atomic E-state index is 0.458. The molecule has 2 saturated heterocycles. The SMILES string of the molecule is O=S(C1CCCCS1)C1CCCCS1. The van der Waals surface area contributed by atoms with E-state index in [1.807, 2.05) is 23.5 Å². The van der Waals surface area contributed by atoms with Crippen LogP contribution in [0, 0.1) is 0 Å². The molecule has 4 heteroatoms. The van der Waals surface area contributed by atoms with Gasteiger partial charge in [-0.2, -0.15) is 0 Å². The molecule has 0 bridgehead atoms. The highest BCUT2D eigenvalue weighted by molar-refractivity contribution is 8.18. The van der Waals surface area contributed by atoms with Crippen LogP contribution in [0.2, 0.25) is 0 Å². The molecule has 2 heterocycles. The minimum Gasteiger partial charge on any atom is -0.257 e. The summed E-state index contributed by atoms with van der Waals surface area (Å²) in [5.41, 5.74) is 0. The second kappa shape index (κ2) is 5.80. The molecule has 2 unspecified atom stereocenters. The molecule has 2 fully saturated rings. The molecule has 14 heavy (non-hydrogen) atoms. The van der Waals surface area contributed by atoms with Crippen molar-refractivity contribution in [2.24, 2.45) is 0 Å². The zero-order valence-electron chi connectivity index (χ0n) is 8.44. The molecule has 2 atom stereocenters. The van der Waals surface area contributed by atoms with Crippen LogP contribution in [-0.4, -0.2) is 24.9 Å². The Labute approximate surface area is 97.6 Å². The van der Waals surface area contributed by atoms with Gasteiger partial charge in [-0.15, -0.1) is 23.5 Å². The molecule has 0 radical (unpaired) electrons. The van der Waals surface area contributed by atoms with Crippen LogP contribution in [0.15, 0.2) is 0 Å². The molecule has 0 amide bonds. The second-order valence-corrected chi connectivity index (χ2v) is 8.93. The number of rotatable bonds is 2. The predicted octanol–water partition coefficient (Wildman–Crippen LogP) is 3.22. The maximum atomic E-state index is 12.2. The summed E-state index contributed by atoms with van der Waals surface area (Å²) in [6, 6.07) is 0. The van der Waals surface area contributed by atoms with Crippen molar-refractivity contribution in [1.29, 1.82) is 0 Å². The Kier molecular flexibility index (Phi) is 4.70. The Balaban J connectivity index is 1.85. The molecular formula is C10H18OS3. The van der Waals surface area contributed by atoms with Gasteiger partial charge in [0.15, 0.2) is 0 Å². The highest BCUT2D eigenvalue weighted by Crippen LogP contribution is 2.35. The predicted molar refractivity (Wildman–Crippen MR) is 68.3 cm³/mol. The van der Waals surface area contributed by atoms with E-state index < -0.39 is 10.8 Å². The van der Waals surface area contributed by atoms with Gasteiger partial charge < -0.3 is 0 Å². The van der Waals surface area contributed by atoms with Crippen LogP contribution >= 0.6 is 23.5 Å². The Morgan fingerprint density at radius 1 is 0.857 bits per heavy atom. The molecule has 0 aliphatic carbocycles. The van der Waals surface area contributed by atoms with E-state index in [2.05, 4.69) is 0 Å². The summed E-state index contributed by atoms with van der Waals surface area (Å²) in [5.74, 6) is 2.46. The summed E-state index contributed by atoms with van der Waals surface area (Å²) < 4.78 is 13.1. The van der Waals surface area contributed by atoms with Crippen molar-refractivity contribution in [3.05, 3.63) is 0 Å². The molecule has 2 aliphatic rings. The van der Waals surface area contributed by atoms with Gasteiger partial charge in [0.2, 0.25) is 0 Å². The molecule has 0 aromatic rings. The monoisotopic (exact) mass is 250 g/mol. The Morgan fingerprint density at radius 3 is 1.71 bits per heavy atom. The van der Waals surface area contributed by atoms with Crippen molar-refractivity contribution < 1.29 is 4.21 Å². The molecule has 0 aromatic carbocycles. The number of hydrogen-bond donors (Lipinski definition) is 0. The maximum Gasteiger partial charge on any atom is 0.0812 e. The molecule has 0 spiro atoms. The van der Waals surface area contributed by atoms with Crippen molar-refractivity contribution in [2.75, 3.05) is 11.5 Å². The van der Waals surface area contributed by atoms with Gasteiger partial charge >= 0.3 is 0 Å². The van der Waals surface area contributed by atoms with Crippen LogP contribution < -0.4 is 0 Å². The van der Waals surface area contributed by atoms with Crippen molar-refractivity contribution in [1.82, 2.24) is 0 Å². The van der Waals surface area contributed by atoms with E-state index in [0.717, 1.165) is 0 Å². The van der Waals surface area contributed by atoms with Gasteiger partial charge in [0.05, 0.1) is 9.16 Å². The highest BCUT2D eigenvalue weighted by Gasteiger charge is 2.28. The van der Waals surface area contributed by atoms with Crippen LogP contribution in [0.3, 0.4) is 0 Å². The van der Waals surface area contributed by atoms with Crippen LogP contribution in [-0.2, 0) is 10.8 Å². The van der Waals surface area contributed by atoms with Crippen molar-refractivity contribution in [2.45, 2.75) is 47.7 Å². The normalized spacial score (nSPS) is 36.6. The topological polar surface area (TPSA) is 17.1 Å². The highest BCUT2D eigenvalue weighted by atomic mass is 32.3. The smallest absolute Gasteiger partial charge is 0.0812 e. The van der Waals surface area contributed by atoms with Gasteiger partial charge in [0, 0.05) is 10.8 Å². The largest absolute Gasteiger partial charge is 0.257 e.